The number of para-hydroxylation sites is 1. The van der Waals surface area contributed by atoms with Crippen LogP contribution in [0.25, 0.3) is 0 Å². The van der Waals surface area contributed by atoms with Crippen LogP contribution in [0.15, 0.2) is 58.5 Å². The van der Waals surface area contributed by atoms with E-state index in [0.717, 1.165) is 25.0 Å². The van der Waals surface area contributed by atoms with Crippen molar-refractivity contribution in [3.05, 3.63) is 59.1 Å². The minimum absolute atomic E-state index is 0.0287. The minimum Gasteiger partial charge on any atom is -0.278 e. The predicted molar refractivity (Wildman–Crippen MR) is 111 cm³/mol. The lowest BCUT2D eigenvalue weighted by molar-refractivity contribution is 0.0954. The average Bonchev–Trinajstić information content (AvgIpc) is 2.68. The Hall–Kier alpha value is -2.38. The summed E-state index contributed by atoms with van der Waals surface area (Å²) in [6.07, 6.45) is 3.99. The second-order valence-electron chi connectivity index (χ2n) is 6.93. The molecule has 1 aliphatic carbocycles. The van der Waals surface area contributed by atoms with Gasteiger partial charge in [0.25, 0.3) is 15.9 Å². The third-order valence-electron chi connectivity index (χ3n) is 4.59. The van der Waals surface area contributed by atoms with Gasteiger partial charge in [-0.3, -0.25) is 9.52 Å². The fraction of sp³-hybridized carbons (Fsp3) is 0.300. The standard InChI is InChI=1S/C20H22ClN3O3S/c1-14-6-4-8-16(12-14)22-23-20(25)15-7-5-9-17(13-15)28(26,27)24-19-11-3-2-10-18(19)21/h2-3,5,7,9-11,13-14,24H,4,6,8,12H2,1H3,(H,23,25)/b22-16-/t14-/m0/s1. The number of amides is 1. The van der Waals surface area contributed by atoms with Crippen molar-refractivity contribution in [2.24, 2.45) is 11.0 Å². The van der Waals surface area contributed by atoms with Crippen molar-refractivity contribution in [1.82, 2.24) is 5.43 Å². The molecular weight excluding hydrogens is 398 g/mol. The number of hydrogen-bond donors (Lipinski definition) is 2. The maximum absolute atomic E-state index is 12.6. The molecule has 0 unspecified atom stereocenters. The summed E-state index contributed by atoms with van der Waals surface area (Å²) in [7, 11) is -3.88. The maximum atomic E-state index is 12.6. The normalized spacial score (nSPS) is 18.6. The zero-order valence-electron chi connectivity index (χ0n) is 15.5. The van der Waals surface area contributed by atoms with Gasteiger partial charge < -0.3 is 0 Å². The first-order valence-electron chi connectivity index (χ1n) is 9.08. The number of benzene rings is 2. The zero-order chi connectivity index (χ0) is 20.1. The highest BCUT2D eigenvalue weighted by atomic mass is 35.5. The SMILES string of the molecule is C[C@H]1CCC/C(=N/NC(=O)c2cccc(S(=O)(=O)Nc3ccccc3Cl)c2)C1. The first-order chi connectivity index (χ1) is 13.3. The smallest absolute Gasteiger partial charge is 0.271 e. The van der Waals surface area contributed by atoms with Crippen molar-refractivity contribution < 1.29 is 13.2 Å². The van der Waals surface area contributed by atoms with Crippen LogP contribution in [0.4, 0.5) is 5.69 Å². The van der Waals surface area contributed by atoms with E-state index in [0.29, 0.717) is 5.92 Å². The van der Waals surface area contributed by atoms with Gasteiger partial charge in [-0.2, -0.15) is 5.10 Å². The molecule has 0 spiro atoms. The van der Waals surface area contributed by atoms with Crippen LogP contribution < -0.4 is 10.1 Å². The van der Waals surface area contributed by atoms with E-state index >= 15 is 0 Å². The Morgan fingerprint density at radius 2 is 1.96 bits per heavy atom. The van der Waals surface area contributed by atoms with E-state index in [4.69, 9.17) is 11.6 Å². The molecule has 0 saturated heterocycles. The monoisotopic (exact) mass is 419 g/mol. The maximum Gasteiger partial charge on any atom is 0.271 e. The quantitative estimate of drug-likeness (QED) is 0.702. The number of carbonyl (C=O) groups excluding carboxylic acids is 1. The number of hydrazone groups is 1. The Balaban J connectivity index is 1.75. The summed E-state index contributed by atoms with van der Waals surface area (Å²) in [6, 6.07) is 12.4. The Kier molecular flexibility index (Phi) is 6.36. The molecule has 28 heavy (non-hydrogen) atoms. The van der Waals surface area contributed by atoms with Crippen LogP contribution in [0, 0.1) is 5.92 Å². The molecular formula is C20H22ClN3O3S. The zero-order valence-corrected chi connectivity index (χ0v) is 17.1. The van der Waals surface area contributed by atoms with E-state index in [2.05, 4.69) is 22.2 Å². The molecule has 0 radical (unpaired) electrons. The van der Waals surface area contributed by atoms with E-state index in [-0.39, 0.29) is 21.2 Å². The van der Waals surface area contributed by atoms with Crippen LogP contribution in [-0.2, 0) is 10.0 Å². The van der Waals surface area contributed by atoms with Crippen molar-refractivity contribution in [2.45, 2.75) is 37.5 Å². The summed E-state index contributed by atoms with van der Waals surface area (Å²) in [5.74, 6) is 0.120. The van der Waals surface area contributed by atoms with Crippen LogP contribution in [0.1, 0.15) is 43.0 Å². The lowest BCUT2D eigenvalue weighted by atomic mass is 9.89. The minimum atomic E-state index is -3.88. The first kappa shape index (κ1) is 20.4. The van der Waals surface area contributed by atoms with Gasteiger partial charge in [-0.05, 0) is 61.9 Å². The topological polar surface area (TPSA) is 87.6 Å². The lowest BCUT2D eigenvalue weighted by Crippen LogP contribution is -2.22. The van der Waals surface area contributed by atoms with Gasteiger partial charge in [-0.15, -0.1) is 0 Å². The number of hydrogen-bond acceptors (Lipinski definition) is 4. The van der Waals surface area contributed by atoms with Gasteiger partial charge in [0.05, 0.1) is 15.6 Å². The second kappa shape index (κ2) is 8.75. The number of rotatable bonds is 5. The molecule has 0 aromatic heterocycles. The number of sulfonamides is 1. The molecule has 1 fully saturated rings. The third-order valence-corrected chi connectivity index (χ3v) is 6.28. The molecule has 6 nitrogen and oxygen atoms in total. The van der Waals surface area contributed by atoms with E-state index in [1.807, 2.05) is 0 Å². The molecule has 3 rings (SSSR count). The van der Waals surface area contributed by atoms with Crippen molar-refractivity contribution in [3.63, 3.8) is 0 Å². The Morgan fingerprint density at radius 3 is 2.71 bits per heavy atom. The van der Waals surface area contributed by atoms with Gasteiger partial charge in [-0.1, -0.05) is 36.7 Å². The molecule has 1 saturated carbocycles. The fourth-order valence-corrected chi connectivity index (χ4v) is 4.47. The molecule has 1 atom stereocenters. The van der Waals surface area contributed by atoms with E-state index in [9.17, 15) is 13.2 Å². The molecule has 2 aromatic rings. The Morgan fingerprint density at radius 1 is 1.18 bits per heavy atom. The van der Waals surface area contributed by atoms with E-state index in [1.165, 1.54) is 24.6 Å². The number of nitrogens with one attached hydrogen (secondary N) is 2. The Bertz CT molecular complexity index is 1010. The van der Waals surface area contributed by atoms with Gasteiger partial charge in [-0.25, -0.2) is 13.8 Å². The lowest BCUT2D eigenvalue weighted by Gasteiger charge is -2.18. The largest absolute Gasteiger partial charge is 0.278 e. The van der Waals surface area contributed by atoms with Crippen LogP contribution in [0.2, 0.25) is 5.02 Å². The highest BCUT2D eigenvalue weighted by Gasteiger charge is 2.18. The van der Waals surface area contributed by atoms with Crippen LogP contribution in [-0.4, -0.2) is 20.0 Å². The van der Waals surface area contributed by atoms with E-state index < -0.39 is 15.9 Å². The summed E-state index contributed by atoms with van der Waals surface area (Å²) < 4.78 is 27.7. The van der Waals surface area contributed by atoms with Crippen molar-refractivity contribution in [2.75, 3.05) is 4.72 Å². The highest BCUT2D eigenvalue weighted by molar-refractivity contribution is 7.92. The number of anilines is 1. The summed E-state index contributed by atoms with van der Waals surface area (Å²) in [6.45, 7) is 2.16. The molecule has 0 aliphatic heterocycles. The molecule has 1 aliphatic rings. The third kappa shape index (κ3) is 5.11. The fourth-order valence-electron chi connectivity index (χ4n) is 3.11. The first-order valence-corrected chi connectivity index (χ1v) is 10.9. The average molecular weight is 420 g/mol. The molecule has 148 valence electrons. The molecule has 2 N–H and O–H groups in total. The number of nitrogens with zero attached hydrogens (tertiary/aromatic N) is 1. The number of carbonyl (C=O) groups is 1. The molecule has 1 amide bonds. The Labute approximate surface area is 170 Å². The number of halogens is 1. The van der Waals surface area contributed by atoms with Gasteiger partial charge in [0, 0.05) is 11.3 Å². The summed E-state index contributed by atoms with van der Waals surface area (Å²) >= 11 is 6.02. The van der Waals surface area contributed by atoms with Crippen LogP contribution in [0.5, 0.6) is 0 Å². The van der Waals surface area contributed by atoms with E-state index in [1.54, 1.807) is 30.3 Å². The molecule has 2 aromatic carbocycles. The second-order valence-corrected chi connectivity index (χ2v) is 9.02. The molecule has 8 heteroatoms. The van der Waals surface area contributed by atoms with Gasteiger partial charge in [0.1, 0.15) is 0 Å². The highest BCUT2D eigenvalue weighted by Crippen LogP contribution is 2.24. The van der Waals surface area contributed by atoms with Crippen molar-refractivity contribution in [1.29, 1.82) is 0 Å². The summed E-state index contributed by atoms with van der Waals surface area (Å²) in [5.41, 5.74) is 4.00. The van der Waals surface area contributed by atoms with Gasteiger partial charge in [0.15, 0.2) is 0 Å². The van der Waals surface area contributed by atoms with Crippen molar-refractivity contribution in [3.8, 4) is 0 Å². The summed E-state index contributed by atoms with van der Waals surface area (Å²) in [5, 5.41) is 4.51. The van der Waals surface area contributed by atoms with Crippen LogP contribution >= 0.6 is 11.6 Å². The summed E-state index contributed by atoms with van der Waals surface area (Å²) in [4.78, 5) is 12.4. The predicted octanol–water partition coefficient (Wildman–Crippen LogP) is 4.44. The van der Waals surface area contributed by atoms with Crippen LogP contribution in [0.3, 0.4) is 0 Å². The molecule has 0 heterocycles. The van der Waals surface area contributed by atoms with Crippen molar-refractivity contribution >= 4 is 38.9 Å². The van der Waals surface area contributed by atoms with Gasteiger partial charge in [0.2, 0.25) is 0 Å². The van der Waals surface area contributed by atoms with Gasteiger partial charge >= 0.3 is 0 Å². The molecule has 0 bridgehead atoms.